The Labute approximate surface area is 142 Å². The van der Waals surface area contributed by atoms with Crippen molar-refractivity contribution in [3.05, 3.63) is 68.7 Å². The molecule has 0 radical (unpaired) electrons. The number of hydrogen-bond acceptors (Lipinski definition) is 4. The van der Waals surface area contributed by atoms with Crippen LogP contribution in [0.5, 0.6) is 0 Å². The van der Waals surface area contributed by atoms with E-state index in [2.05, 4.69) is 0 Å². The Balaban J connectivity index is 2.01. The fraction of sp³-hybridized carbons (Fsp3) is 0.188. The Kier molecular flexibility index (Phi) is 4.28. The highest BCUT2D eigenvalue weighted by Gasteiger charge is 2.34. The summed E-state index contributed by atoms with van der Waals surface area (Å²) in [7, 11) is 0. The Hall–Kier alpha value is -2.05. The second-order valence-electron chi connectivity index (χ2n) is 5.21. The molecule has 5 nitrogen and oxygen atoms in total. The molecule has 3 rings (SSSR count). The highest BCUT2D eigenvalue weighted by atomic mass is 35.5. The molecule has 1 aliphatic rings. The van der Waals surface area contributed by atoms with E-state index in [0.717, 1.165) is 11.1 Å². The lowest BCUT2D eigenvalue weighted by Gasteiger charge is -2.24. The summed E-state index contributed by atoms with van der Waals surface area (Å²) in [6.45, 7) is 1.89. The van der Waals surface area contributed by atoms with Crippen LogP contribution in [0.25, 0.3) is 0 Å². The second-order valence-corrected chi connectivity index (χ2v) is 6.69. The number of thioether (sulfide) groups is 1. The monoisotopic (exact) mass is 348 g/mol. The largest absolute Gasteiger partial charge is 0.295 e. The number of carbonyl (C=O) groups is 1. The van der Waals surface area contributed by atoms with Crippen LogP contribution in [-0.2, 0) is 4.79 Å². The summed E-state index contributed by atoms with van der Waals surface area (Å²) >= 11 is 7.61. The van der Waals surface area contributed by atoms with E-state index in [4.69, 9.17) is 11.6 Å². The number of nitro benzene ring substituents is 1. The number of halogens is 1. The molecule has 2 aromatic rings. The van der Waals surface area contributed by atoms with Crippen LogP contribution in [0.3, 0.4) is 0 Å². The van der Waals surface area contributed by atoms with Crippen molar-refractivity contribution >= 4 is 40.6 Å². The van der Waals surface area contributed by atoms with Gasteiger partial charge in [0.2, 0.25) is 5.91 Å². The number of carbonyl (C=O) groups excluding carboxylic acids is 1. The molecular formula is C16H13ClN2O3S. The van der Waals surface area contributed by atoms with Gasteiger partial charge in [-0.1, -0.05) is 29.8 Å². The Morgan fingerprint density at radius 3 is 2.78 bits per heavy atom. The van der Waals surface area contributed by atoms with Crippen LogP contribution < -0.4 is 4.90 Å². The van der Waals surface area contributed by atoms with Gasteiger partial charge in [0.15, 0.2) is 0 Å². The molecule has 118 valence electrons. The van der Waals surface area contributed by atoms with Gasteiger partial charge in [0.25, 0.3) is 5.69 Å². The van der Waals surface area contributed by atoms with Crippen LogP contribution in [0.2, 0.25) is 5.02 Å². The van der Waals surface area contributed by atoms with Gasteiger partial charge in [-0.3, -0.25) is 19.8 Å². The summed E-state index contributed by atoms with van der Waals surface area (Å²) in [6.07, 6.45) is 0. The van der Waals surface area contributed by atoms with Crippen molar-refractivity contribution in [3.8, 4) is 0 Å². The van der Waals surface area contributed by atoms with E-state index in [1.54, 1.807) is 23.1 Å². The average molecular weight is 349 g/mol. The van der Waals surface area contributed by atoms with Crippen molar-refractivity contribution in [1.82, 2.24) is 0 Å². The topological polar surface area (TPSA) is 63.5 Å². The predicted octanol–water partition coefficient (Wildman–Crippen LogP) is 4.34. The number of benzene rings is 2. The van der Waals surface area contributed by atoms with E-state index in [-0.39, 0.29) is 17.0 Å². The van der Waals surface area contributed by atoms with Gasteiger partial charge in [-0.15, -0.1) is 11.8 Å². The van der Waals surface area contributed by atoms with Crippen LogP contribution in [0.15, 0.2) is 42.5 Å². The summed E-state index contributed by atoms with van der Waals surface area (Å²) in [6, 6.07) is 11.8. The van der Waals surface area contributed by atoms with Crippen molar-refractivity contribution in [3.63, 3.8) is 0 Å². The first-order valence-electron chi connectivity index (χ1n) is 6.91. The molecule has 0 spiro atoms. The Morgan fingerprint density at radius 2 is 2.09 bits per heavy atom. The smallest absolute Gasteiger partial charge is 0.269 e. The first-order valence-corrected chi connectivity index (χ1v) is 8.34. The molecule has 0 bridgehead atoms. The number of non-ortho nitro benzene ring substituents is 1. The first kappa shape index (κ1) is 15.8. The Morgan fingerprint density at radius 1 is 1.30 bits per heavy atom. The van der Waals surface area contributed by atoms with E-state index < -0.39 is 4.92 Å². The third kappa shape index (κ3) is 3.04. The molecular weight excluding hydrogens is 336 g/mol. The van der Waals surface area contributed by atoms with E-state index in [1.165, 1.54) is 23.9 Å². The van der Waals surface area contributed by atoms with E-state index in [0.29, 0.717) is 16.5 Å². The van der Waals surface area contributed by atoms with Gasteiger partial charge in [0.05, 0.1) is 10.7 Å². The van der Waals surface area contributed by atoms with Gasteiger partial charge < -0.3 is 0 Å². The first-order chi connectivity index (χ1) is 11.0. The van der Waals surface area contributed by atoms with Crippen LogP contribution in [0.4, 0.5) is 11.4 Å². The molecule has 1 saturated heterocycles. The molecule has 0 saturated carbocycles. The number of rotatable bonds is 3. The zero-order valence-corrected chi connectivity index (χ0v) is 13.8. The number of nitro groups is 1. The lowest BCUT2D eigenvalue weighted by Crippen LogP contribution is -2.27. The lowest BCUT2D eigenvalue weighted by molar-refractivity contribution is -0.384. The predicted molar refractivity (Wildman–Crippen MR) is 92.0 cm³/mol. The van der Waals surface area contributed by atoms with Crippen LogP contribution in [0, 0.1) is 17.0 Å². The molecule has 1 aliphatic heterocycles. The maximum atomic E-state index is 12.3. The minimum atomic E-state index is -0.433. The fourth-order valence-electron chi connectivity index (χ4n) is 2.47. The molecule has 0 aromatic heterocycles. The second kappa shape index (κ2) is 6.22. The van der Waals surface area contributed by atoms with E-state index >= 15 is 0 Å². The van der Waals surface area contributed by atoms with E-state index in [9.17, 15) is 14.9 Å². The third-order valence-corrected chi connectivity index (χ3v) is 5.29. The SMILES string of the molecule is Cc1ccc(N2C(=O)CS[C@H]2c2cccc([N+](=O)[O-])c2)cc1Cl. The number of nitrogens with zero attached hydrogens (tertiary/aromatic N) is 2. The molecule has 2 aromatic carbocycles. The quantitative estimate of drug-likeness (QED) is 0.611. The van der Waals surface area contributed by atoms with Crippen LogP contribution in [-0.4, -0.2) is 16.6 Å². The Bertz CT molecular complexity index is 797. The van der Waals surface area contributed by atoms with Gasteiger partial charge >= 0.3 is 0 Å². The lowest BCUT2D eigenvalue weighted by atomic mass is 10.1. The van der Waals surface area contributed by atoms with Gasteiger partial charge in [-0.25, -0.2) is 0 Å². The number of anilines is 1. The normalized spacial score (nSPS) is 17.6. The number of hydrogen-bond donors (Lipinski definition) is 0. The zero-order chi connectivity index (χ0) is 16.6. The third-order valence-electron chi connectivity index (χ3n) is 3.67. The van der Waals surface area contributed by atoms with Gasteiger partial charge in [0, 0.05) is 22.8 Å². The maximum absolute atomic E-state index is 12.3. The highest BCUT2D eigenvalue weighted by Crippen LogP contribution is 2.43. The summed E-state index contributed by atoms with van der Waals surface area (Å²) < 4.78 is 0. The fourth-order valence-corrected chi connectivity index (χ4v) is 3.82. The minimum Gasteiger partial charge on any atom is -0.295 e. The number of aryl methyl sites for hydroxylation is 1. The molecule has 1 amide bonds. The van der Waals surface area contributed by atoms with Crippen LogP contribution >= 0.6 is 23.4 Å². The summed E-state index contributed by atoms with van der Waals surface area (Å²) in [5.41, 5.74) is 2.38. The van der Waals surface area contributed by atoms with Crippen molar-refractivity contribution in [1.29, 1.82) is 0 Å². The van der Waals surface area contributed by atoms with Crippen molar-refractivity contribution in [2.24, 2.45) is 0 Å². The average Bonchev–Trinajstić information content (AvgIpc) is 2.92. The highest BCUT2D eigenvalue weighted by molar-refractivity contribution is 8.00. The molecule has 1 fully saturated rings. The summed E-state index contributed by atoms with van der Waals surface area (Å²) in [4.78, 5) is 24.5. The molecule has 0 unspecified atom stereocenters. The molecule has 1 heterocycles. The summed E-state index contributed by atoms with van der Waals surface area (Å²) in [5.74, 6) is 0.296. The van der Waals surface area contributed by atoms with Crippen LogP contribution in [0.1, 0.15) is 16.5 Å². The van der Waals surface area contributed by atoms with Crippen molar-refractivity contribution < 1.29 is 9.72 Å². The number of amides is 1. The van der Waals surface area contributed by atoms with Crippen molar-refractivity contribution in [2.45, 2.75) is 12.3 Å². The standard InChI is InChI=1S/C16H13ClN2O3S/c1-10-5-6-12(8-14(10)17)18-15(20)9-23-16(18)11-3-2-4-13(7-11)19(21)22/h2-8,16H,9H2,1H3/t16-/m0/s1. The zero-order valence-electron chi connectivity index (χ0n) is 12.2. The van der Waals surface area contributed by atoms with Gasteiger partial charge in [-0.2, -0.15) is 0 Å². The molecule has 0 N–H and O–H groups in total. The van der Waals surface area contributed by atoms with Gasteiger partial charge in [0.1, 0.15) is 5.37 Å². The van der Waals surface area contributed by atoms with Gasteiger partial charge in [-0.05, 0) is 30.2 Å². The molecule has 1 atom stereocenters. The maximum Gasteiger partial charge on any atom is 0.269 e. The molecule has 0 aliphatic carbocycles. The van der Waals surface area contributed by atoms with Crippen molar-refractivity contribution in [2.75, 3.05) is 10.7 Å². The molecule has 7 heteroatoms. The minimum absolute atomic E-state index is 0.0179. The van der Waals surface area contributed by atoms with E-state index in [1.807, 2.05) is 19.1 Å². The molecule has 23 heavy (non-hydrogen) atoms. The summed E-state index contributed by atoms with van der Waals surface area (Å²) in [5, 5.41) is 11.3.